The van der Waals surface area contributed by atoms with Crippen LogP contribution in [0.3, 0.4) is 0 Å². The highest BCUT2D eigenvalue weighted by Crippen LogP contribution is 2.25. The minimum absolute atomic E-state index is 0.0300. The third-order valence-corrected chi connectivity index (χ3v) is 6.30. The SMILES string of the molecule is C[C@H](NS(=O)(=O)c1ccc(F)cc1)C(=O)N[C@H]1CCC[C@H]1CNC(=O)OC(C)(C)C. The van der Waals surface area contributed by atoms with Gasteiger partial charge >= 0.3 is 6.09 Å². The first-order chi connectivity index (χ1) is 13.9. The molecule has 3 atom stereocenters. The summed E-state index contributed by atoms with van der Waals surface area (Å²) in [5, 5.41) is 5.59. The number of carbonyl (C=O) groups excluding carboxylic acids is 2. The number of carbonyl (C=O) groups is 2. The summed E-state index contributed by atoms with van der Waals surface area (Å²) < 4.78 is 45.3. The molecule has 2 rings (SSSR count). The van der Waals surface area contributed by atoms with E-state index in [1.807, 2.05) is 0 Å². The molecular weight excluding hydrogens is 413 g/mol. The Bertz CT molecular complexity index is 852. The molecular formula is C20H30FN3O5S. The molecule has 8 nitrogen and oxygen atoms in total. The molecule has 0 aromatic heterocycles. The molecule has 0 unspecified atom stereocenters. The molecule has 30 heavy (non-hydrogen) atoms. The topological polar surface area (TPSA) is 114 Å². The van der Waals surface area contributed by atoms with Crippen LogP contribution in [0.5, 0.6) is 0 Å². The maximum absolute atomic E-state index is 13.0. The molecule has 2 amide bonds. The van der Waals surface area contributed by atoms with E-state index in [-0.39, 0.29) is 16.9 Å². The molecule has 1 aromatic carbocycles. The van der Waals surface area contributed by atoms with Crippen LogP contribution in [0, 0.1) is 11.7 Å². The zero-order valence-corrected chi connectivity index (χ0v) is 18.5. The minimum Gasteiger partial charge on any atom is -0.444 e. The van der Waals surface area contributed by atoms with Gasteiger partial charge in [-0.25, -0.2) is 17.6 Å². The normalized spacial score (nSPS) is 20.4. The Morgan fingerprint density at radius 3 is 2.43 bits per heavy atom. The van der Waals surface area contributed by atoms with Crippen LogP contribution in [0.1, 0.15) is 47.0 Å². The van der Waals surface area contributed by atoms with Crippen molar-refractivity contribution in [2.24, 2.45) is 5.92 Å². The third-order valence-electron chi connectivity index (χ3n) is 4.74. The zero-order valence-electron chi connectivity index (χ0n) is 17.7. The Kier molecular flexibility index (Phi) is 7.81. The predicted molar refractivity (Wildman–Crippen MR) is 110 cm³/mol. The molecule has 3 N–H and O–H groups in total. The van der Waals surface area contributed by atoms with Crippen LogP contribution in [-0.2, 0) is 19.6 Å². The fourth-order valence-corrected chi connectivity index (χ4v) is 4.48. The van der Waals surface area contributed by atoms with E-state index >= 15 is 0 Å². The number of alkyl carbamates (subject to hydrolysis) is 1. The van der Waals surface area contributed by atoms with Gasteiger partial charge in [-0.05, 0) is 70.7 Å². The van der Waals surface area contributed by atoms with Crippen molar-refractivity contribution in [2.45, 2.75) is 69.5 Å². The molecule has 168 valence electrons. The van der Waals surface area contributed by atoms with Crippen molar-refractivity contribution in [3.63, 3.8) is 0 Å². The Morgan fingerprint density at radius 1 is 1.20 bits per heavy atom. The molecule has 1 aromatic rings. The lowest BCUT2D eigenvalue weighted by Gasteiger charge is -2.25. The first-order valence-corrected chi connectivity index (χ1v) is 11.4. The Labute approximate surface area is 177 Å². The van der Waals surface area contributed by atoms with Crippen molar-refractivity contribution >= 4 is 22.0 Å². The molecule has 1 aliphatic rings. The van der Waals surface area contributed by atoms with Crippen molar-refractivity contribution in [1.82, 2.24) is 15.4 Å². The second-order valence-corrected chi connectivity index (χ2v) is 10.2. The van der Waals surface area contributed by atoms with E-state index in [0.717, 1.165) is 43.5 Å². The van der Waals surface area contributed by atoms with Gasteiger partial charge in [-0.15, -0.1) is 0 Å². The Hall–Kier alpha value is -2.20. The lowest BCUT2D eigenvalue weighted by atomic mass is 10.0. The zero-order chi connectivity index (χ0) is 22.5. The predicted octanol–water partition coefficient (Wildman–Crippen LogP) is 2.30. The highest BCUT2D eigenvalue weighted by Gasteiger charge is 2.31. The number of hydrogen-bond acceptors (Lipinski definition) is 5. The first-order valence-electron chi connectivity index (χ1n) is 9.92. The second-order valence-electron chi connectivity index (χ2n) is 8.49. The van der Waals surface area contributed by atoms with Gasteiger partial charge in [0.15, 0.2) is 0 Å². The van der Waals surface area contributed by atoms with Crippen LogP contribution in [0.2, 0.25) is 0 Å². The summed E-state index contributed by atoms with van der Waals surface area (Å²) in [6, 6.07) is 3.17. The van der Waals surface area contributed by atoms with E-state index in [1.54, 1.807) is 20.8 Å². The molecule has 0 aliphatic heterocycles. The molecule has 1 aliphatic carbocycles. The van der Waals surface area contributed by atoms with Gasteiger partial charge < -0.3 is 15.4 Å². The number of ether oxygens (including phenoxy) is 1. The summed E-state index contributed by atoms with van der Waals surface area (Å²) in [5.74, 6) is -0.982. The minimum atomic E-state index is -3.96. The maximum atomic E-state index is 13.0. The van der Waals surface area contributed by atoms with Gasteiger partial charge in [0.1, 0.15) is 11.4 Å². The highest BCUT2D eigenvalue weighted by molar-refractivity contribution is 7.89. The third kappa shape index (κ3) is 7.24. The average Bonchev–Trinajstić information content (AvgIpc) is 3.05. The molecule has 0 heterocycles. The quantitative estimate of drug-likeness (QED) is 0.598. The maximum Gasteiger partial charge on any atom is 0.407 e. The number of rotatable bonds is 7. The number of benzene rings is 1. The molecule has 0 saturated heterocycles. The number of halogens is 1. The largest absolute Gasteiger partial charge is 0.444 e. The lowest BCUT2D eigenvalue weighted by Crippen LogP contribution is -2.50. The number of amides is 2. The van der Waals surface area contributed by atoms with Crippen LogP contribution in [0.15, 0.2) is 29.2 Å². The van der Waals surface area contributed by atoms with Crippen LogP contribution < -0.4 is 15.4 Å². The van der Waals surface area contributed by atoms with Crippen molar-refractivity contribution in [1.29, 1.82) is 0 Å². The summed E-state index contributed by atoms with van der Waals surface area (Å²) in [4.78, 5) is 24.2. The first kappa shape index (κ1) is 24.1. The van der Waals surface area contributed by atoms with Gasteiger partial charge in [0, 0.05) is 12.6 Å². The highest BCUT2D eigenvalue weighted by atomic mass is 32.2. The summed E-state index contributed by atoms with van der Waals surface area (Å²) >= 11 is 0. The standard InChI is InChI=1S/C20H30FN3O5S/c1-13(24-30(27,28)16-10-8-15(21)9-11-16)18(25)23-17-7-5-6-14(17)12-22-19(26)29-20(2,3)4/h8-11,13-14,17,24H,5-7,12H2,1-4H3,(H,22,26)(H,23,25)/t13-,14-,17-/m0/s1. The molecule has 0 spiro atoms. The summed E-state index contributed by atoms with van der Waals surface area (Å²) in [6.45, 7) is 7.13. The summed E-state index contributed by atoms with van der Waals surface area (Å²) in [7, 11) is -3.96. The average molecular weight is 444 g/mol. The molecule has 10 heteroatoms. The number of nitrogens with one attached hydrogen (secondary N) is 3. The van der Waals surface area contributed by atoms with E-state index in [0.29, 0.717) is 6.54 Å². The van der Waals surface area contributed by atoms with Crippen LogP contribution in [0.25, 0.3) is 0 Å². The van der Waals surface area contributed by atoms with Crippen molar-refractivity contribution < 1.29 is 27.1 Å². The van der Waals surface area contributed by atoms with Crippen molar-refractivity contribution in [3.05, 3.63) is 30.1 Å². The van der Waals surface area contributed by atoms with E-state index in [9.17, 15) is 22.4 Å². The monoisotopic (exact) mass is 443 g/mol. The van der Waals surface area contributed by atoms with Gasteiger partial charge in [-0.3, -0.25) is 4.79 Å². The fraction of sp³-hybridized carbons (Fsp3) is 0.600. The molecule has 1 fully saturated rings. The number of sulfonamides is 1. The van der Waals surface area contributed by atoms with E-state index in [1.165, 1.54) is 6.92 Å². The summed E-state index contributed by atoms with van der Waals surface area (Å²) in [5.41, 5.74) is -0.593. The smallest absolute Gasteiger partial charge is 0.407 e. The lowest BCUT2D eigenvalue weighted by molar-refractivity contribution is -0.123. The second kappa shape index (κ2) is 9.74. The van der Waals surface area contributed by atoms with Crippen LogP contribution in [-0.4, -0.2) is 44.6 Å². The fourth-order valence-electron chi connectivity index (χ4n) is 3.28. The molecule has 1 saturated carbocycles. The van der Waals surface area contributed by atoms with Gasteiger partial charge in [-0.2, -0.15) is 4.72 Å². The van der Waals surface area contributed by atoms with E-state index in [2.05, 4.69) is 15.4 Å². The van der Waals surface area contributed by atoms with Crippen molar-refractivity contribution in [3.8, 4) is 0 Å². The van der Waals surface area contributed by atoms with Crippen LogP contribution in [0.4, 0.5) is 9.18 Å². The van der Waals surface area contributed by atoms with Gasteiger partial charge in [0.2, 0.25) is 15.9 Å². The van der Waals surface area contributed by atoms with Crippen molar-refractivity contribution in [2.75, 3.05) is 6.54 Å². The number of hydrogen-bond donors (Lipinski definition) is 3. The molecule has 0 radical (unpaired) electrons. The van der Waals surface area contributed by atoms with Gasteiger partial charge in [0.25, 0.3) is 0 Å². The van der Waals surface area contributed by atoms with E-state index < -0.39 is 39.5 Å². The Balaban J connectivity index is 1.89. The van der Waals surface area contributed by atoms with Gasteiger partial charge in [-0.1, -0.05) is 6.42 Å². The van der Waals surface area contributed by atoms with E-state index in [4.69, 9.17) is 4.74 Å². The Morgan fingerprint density at radius 2 is 1.83 bits per heavy atom. The summed E-state index contributed by atoms with van der Waals surface area (Å²) in [6.07, 6.45) is 1.95. The van der Waals surface area contributed by atoms with Crippen LogP contribution >= 0.6 is 0 Å². The van der Waals surface area contributed by atoms with Gasteiger partial charge in [0.05, 0.1) is 10.9 Å². The molecule has 0 bridgehead atoms.